The van der Waals surface area contributed by atoms with Crippen LogP contribution in [0.25, 0.3) is 0 Å². The van der Waals surface area contributed by atoms with Gasteiger partial charge in [-0.15, -0.1) is 0 Å². The van der Waals surface area contributed by atoms with Crippen molar-refractivity contribution in [1.29, 1.82) is 0 Å². The summed E-state index contributed by atoms with van der Waals surface area (Å²) in [7, 11) is 1.55. The van der Waals surface area contributed by atoms with Gasteiger partial charge in [0.25, 0.3) is 5.91 Å². The Labute approximate surface area is 149 Å². The molecule has 0 spiro atoms. The van der Waals surface area contributed by atoms with Gasteiger partial charge in [-0.2, -0.15) is 0 Å². The van der Waals surface area contributed by atoms with Crippen LogP contribution in [0, 0.1) is 0 Å². The maximum absolute atomic E-state index is 12.5. The fourth-order valence-electron chi connectivity index (χ4n) is 2.60. The van der Waals surface area contributed by atoms with Crippen LogP contribution in [0.2, 0.25) is 0 Å². The number of carbonyl (C=O) groups is 2. The molecule has 1 N–H and O–H groups in total. The standard InChI is InChI=1S/C18H19NO7/c1-23-13-4-2-3-5-14(13)25-11-12-6-7-15(26-12)17(20)19-8-9-24-16(10-19)18(21)22/h2-7,16H,8-11H2,1H3,(H,21,22)/t16-/m0/s1. The average molecular weight is 361 g/mol. The van der Waals surface area contributed by atoms with Crippen molar-refractivity contribution in [3.63, 3.8) is 0 Å². The van der Waals surface area contributed by atoms with Crippen molar-refractivity contribution in [2.75, 3.05) is 26.8 Å². The molecule has 0 unspecified atom stereocenters. The monoisotopic (exact) mass is 361 g/mol. The molecule has 0 aliphatic carbocycles. The van der Waals surface area contributed by atoms with Crippen molar-refractivity contribution < 1.29 is 33.3 Å². The molecule has 0 saturated carbocycles. The van der Waals surface area contributed by atoms with Gasteiger partial charge in [0.2, 0.25) is 0 Å². The number of methoxy groups -OCH3 is 1. The van der Waals surface area contributed by atoms with E-state index in [0.717, 1.165) is 0 Å². The summed E-state index contributed by atoms with van der Waals surface area (Å²) in [6.45, 7) is 0.611. The zero-order chi connectivity index (χ0) is 18.5. The first-order valence-electron chi connectivity index (χ1n) is 8.06. The van der Waals surface area contributed by atoms with E-state index in [1.807, 2.05) is 12.1 Å². The molecule has 2 aromatic rings. The van der Waals surface area contributed by atoms with E-state index in [-0.39, 0.29) is 31.4 Å². The third kappa shape index (κ3) is 3.97. The number of aliphatic carboxylic acids is 1. The van der Waals surface area contributed by atoms with Gasteiger partial charge in [0, 0.05) is 6.54 Å². The number of nitrogens with zero attached hydrogens (tertiary/aromatic N) is 1. The van der Waals surface area contributed by atoms with E-state index in [9.17, 15) is 9.59 Å². The molecule has 1 aliphatic rings. The van der Waals surface area contributed by atoms with Crippen molar-refractivity contribution in [3.05, 3.63) is 47.9 Å². The molecule has 0 radical (unpaired) electrons. The topological polar surface area (TPSA) is 98.4 Å². The average Bonchev–Trinajstić information content (AvgIpc) is 3.15. The molecule has 1 atom stereocenters. The first kappa shape index (κ1) is 17.8. The minimum Gasteiger partial charge on any atom is -0.493 e. The van der Waals surface area contributed by atoms with Crippen molar-refractivity contribution in [1.82, 2.24) is 4.90 Å². The minimum absolute atomic E-state index is 0.0120. The molecular formula is C18H19NO7. The van der Waals surface area contributed by atoms with Gasteiger partial charge < -0.3 is 28.6 Å². The zero-order valence-corrected chi connectivity index (χ0v) is 14.2. The SMILES string of the molecule is COc1ccccc1OCc1ccc(C(=O)N2CCO[C@H](C(=O)O)C2)o1. The number of morpholine rings is 1. The summed E-state index contributed by atoms with van der Waals surface area (Å²) in [5, 5.41) is 9.02. The number of para-hydroxylation sites is 2. The second-order valence-corrected chi connectivity index (χ2v) is 5.65. The molecule has 26 heavy (non-hydrogen) atoms. The lowest BCUT2D eigenvalue weighted by molar-refractivity contribution is -0.154. The van der Waals surface area contributed by atoms with Gasteiger partial charge in [0.1, 0.15) is 12.4 Å². The van der Waals surface area contributed by atoms with Gasteiger partial charge in [0.15, 0.2) is 23.4 Å². The second kappa shape index (κ2) is 7.92. The highest BCUT2D eigenvalue weighted by atomic mass is 16.5. The summed E-state index contributed by atoms with van der Waals surface area (Å²) in [4.78, 5) is 24.9. The quantitative estimate of drug-likeness (QED) is 0.837. The van der Waals surface area contributed by atoms with Crippen LogP contribution in [0.15, 0.2) is 40.8 Å². The number of amides is 1. The van der Waals surface area contributed by atoms with Gasteiger partial charge >= 0.3 is 5.97 Å². The van der Waals surface area contributed by atoms with E-state index in [1.165, 1.54) is 4.90 Å². The van der Waals surface area contributed by atoms with E-state index in [0.29, 0.717) is 23.8 Å². The summed E-state index contributed by atoms with van der Waals surface area (Å²) in [5.74, 6) is 0.313. The maximum Gasteiger partial charge on any atom is 0.334 e. The molecule has 0 bridgehead atoms. The molecule has 138 valence electrons. The van der Waals surface area contributed by atoms with Crippen LogP contribution >= 0.6 is 0 Å². The van der Waals surface area contributed by atoms with Crippen LogP contribution in [0.1, 0.15) is 16.3 Å². The number of furan rings is 1. The summed E-state index contributed by atoms with van der Waals surface area (Å²) in [6, 6.07) is 10.4. The number of hydrogen-bond donors (Lipinski definition) is 1. The second-order valence-electron chi connectivity index (χ2n) is 5.65. The summed E-state index contributed by atoms with van der Waals surface area (Å²) in [6.07, 6.45) is -1.02. The number of benzene rings is 1. The van der Waals surface area contributed by atoms with Crippen molar-refractivity contribution >= 4 is 11.9 Å². The summed E-state index contributed by atoms with van der Waals surface area (Å²) >= 11 is 0. The van der Waals surface area contributed by atoms with Crippen molar-refractivity contribution in [2.45, 2.75) is 12.7 Å². The first-order valence-corrected chi connectivity index (χ1v) is 8.06. The Hall–Kier alpha value is -3.00. The Kier molecular flexibility index (Phi) is 5.43. The highest BCUT2D eigenvalue weighted by molar-refractivity contribution is 5.92. The van der Waals surface area contributed by atoms with Gasteiger partial charge in [-0.3, -0.25) is 4.79 Å². The van der Waals surface area contributed by atoms with Gasteiger partial charge in [-0.1, -0.05) is 12.1 Å². The fraction of sp³-hybridized carbons (Fsp3) is 0.333. The van der Waals surface area contributed by atoms with E-state index in [4.69, 9.17) is 23.7 Å². The lowest BCUT2D eigenvalue weighted by Crippen LogP contribution is -2.48. The first-order chi connectivity index (χ1) is 12.6. The number of hydrogen-bond acceptors (Lipinski definition) is 6. The van der Waals surface area contributed by atoms with Crippen LogP contribution in [-0.2, 0) is 16.1 Å². The molecule has 1 aromatic carbocycles. The molecule has 1 aromatic heterocycles. The fourth-order valence-corrected chi connectivity index (χ4v) is 2.60. The smallest absolute Gasteiger partial charge is 0.334 e. The number of carbonyl (C=O) groups excluding carboxylic acids is 1. The summed E-state index contributed by atoms with van der Waals surface area (Å²) in [5.41, 5.74) is 0. The Morgan fingerprint density at radius 1 is 1.23 bits per heavy atom. The van der Waals surface area contributed by atoms with E-state index in [1.54, 1.807) is 31.4 Å². The van der Waals surface area contributed by atoms with E-state index in [2.05, 4.69) is 0 Å². The number of rotatable bonds is 6. The molecule has 1 saturated heterocycles. The van der Waals surface area contributed by atoms with Crippen LogP contribution < -0.4 is 9.47 Å². The van der Waals surface area contributed by atoms with Gasteiger partial charge in [-0.05, 0) is 24.3 Å². The number of carboxylic acids is 1. The van der Waals surface area contributed by atoms with Crippen molar-refractivity contribution in [3.8, 4) is 11.5 Å². The predicted molar refractivity (Wildman–Crippen MR) is 89.3 cm³/mol. The zero-order valence-electron chi connectivity index (χ0n) is 14.2. The molecular weight excluding hydrogens is 342 g/mol. The molecule has 3 rings (SSSR count). The molecule has 8 nitrogen and oxygen atoms in total. The lowest BCUT2D eigenvalue weighted by atomic mass is 10.2. The molecule has 1 aliphatic heterocycles. The maximum atomic E-state index is 12.5. The third-order valence-electron chi connectivity index (χ3n) is 3.94. The number of carboxylic acid groups (broad SMARTS) is 1. The summed E-state index contributed by atoms with van der Waals surface area (Å²) < 4.78 is 21.5. The predicted octanol–water partition coefficient (Wildman–Crippen LogP) is 1.79. The lowest BCUT2D eigenvalue weighted by Gasteiger charge is -2.30. The molecule has 2 heterocycles. The van der Waals surface area contributed by atoms with Crippen LogP contribution in [0.5, 0.6) is 11.5 Å². The van der Waals surface area contributed by atoms with Gasteiger partial charge in [0.05, 0.1) is 20.3 Å². The van der Waals surface area contributed by atoms with E-state index < -0.39 is 12.1 Å². The Morgan fingerprint density at radius 3 is 2.73 bits per heavy atom. The normalized spacial score (nSPS) is 17.0. The molecule has 8 heteroatoms. The Balaban J connectivity index is 1.62. The Bertz CT molecular complexity index is 785. The minimum atomic E-state index is -1.09. The van der Waals surface area contributed by atoms with Crippen LogP contribution in [0.4, 0.5) is 0 Å². The molecule has 1 amide bonds. The third-order valence-corrected chi connectivity index (χ3v) is 3.94. The van der Waals surface area contributed by atoms with Gasteiger partial charge in [-0.25, -0.2) is 4.79 Å². The van der Waals surface area contributed by atoms with Crippen molar-refractivity contribution in [2.24, 2.45) is 0 Å². The van der Waals surface area contributed by atoms with Crippen LogP contribution in [-0.4, -0.2) is 54.8 Å². The highest BCUT2D eigenvalue weighted by Gasteiger charge is 2.30. The largest absolute Gasteiger partial charge is 0.493 e. The Morgan fingerprint density at radius 2 is 2.00 bits per heavy atom. The molecule has 1 fully saturated rings. The number of ether oxygens (including phenoxy) is 3. The van der Waals surface area contributed by atoms with Crippen LogP contribution in [0.3, 0.4) is 0 Å². The van der Waals surface area contributed by atoms with E-state index >= 15 is 0 Å². The highest BCUT2D eigenvalue weighted by Crippen LogP contribution is 2.27.